The summed E-state index contributed by atoms with van der Waals surface area (Å²) in [6.45, 7) is 0.392. The van der Waals surface area contributed by atoms with Crippen molar-refractivity contribution >= 4 is 0 Å². The Morgan fingerprint density at radius 2 is 1.33 bits per heavy atom. The highest BCUT2D eigenvalue weighted by molar-refractivity contribution is 5.35. The monoisotopic (exact) mass is 314 g/mol. The highest BCUT2D eigenvalue weighted by atomic mass is 19.4. The van der Waals surface area contributed by atoms with E-state index < -0.39 is 29.5 Å². The summed E-state index contributed by atoms with van der Waals surface area (Å²) in [5, 5.41) is 0. The van der Waals surface area contributed by atoms with E-state index in [1.54, 1.807) is 0 Å². The van der Waals surface area contributed by atoms with Crippen LogP contribution in [0.1, 0.15) is 42.0 Å². The Balaban J connectivity index is 3.13. The molecule has 0 aliphatic heterocycles. The van der Waals surface area contributed by atoms with E-state index in [1.165, 1.54) is 0 Å². The predicted molar refractivity (Wildman–Crippen MR) is 66.3 cm³/mol. The first-order chi connectivity index (χ1) is 9.55. The first-order valence-electron chi connectivity index (χ1n) is 6.30. The zero-order valence-electron chi connectivity index (χ0n) is 11.1. The van der Waals surface area contributed by atoms with Crippen molar-refractivity contribution in [3.05, 3.63) is 34.9 Å². The van der Waals surface area contributed by atoms with Crippen molar-refractivity contribution in [2.24, 2.45) is 11.5 Å². The molecule has 0 unspecified atom stereocenters. The minimum absolute atomic E-state index is 0.0934. The molecule has 0 bridgehead atoms. The standard InChI is InChI=1S/C13H16F6N2/c14-12(15,16)9-5-8(11(21)3-1-2-4-20)6-10(7-9)13(17,18)19/h5-7,11H,1-4,20-21H2/t11-/m1/s1. The molecule has 0 saturated heterocycles. The van der Waals surface area contributed by atoms with Gasteiger partial charge in [0, 0.05) is 6.04 Å². The van der Waals surface area contributed by atoms with Crippen molar-refractivity contribution in [3.8, 4) is 0 Å². The molecule has 21 heavy (non-hydrogen) atoms. The number of benzene rings is 1. The van der Waals surface area contributed by atoms with Gasteiger partial charge < -0.3 is 11.5 Å². The summed E-state index contributed by atoms with van der Waals surface area (Å²) in [7, 11) is 0. The SMILES string of the molecule is NCCCC[C@@H](N)c1cc(C(F)(F)F)cc(C(F)(F)F)c1. The van der Waals surface area contributed by atoms with Gasteiger partial charge in [-0.1, -0.05) is 6.42 Å². The van der Waals surface area contributed by atoms with Gasteiger partial charge in [-0.2, -0.15) is 26.3 Å². The molecule has 2 nitrogen and oxygen atoms in total. The maximum Gasteiger partial charge on any atom is 0.416 e. The molecule has 0 spiro atoms. The largest absolute Gasteiger partial charge is 0.416 e. The van der Waals surface area contributed by atoms with E-state index in [2.05, 4.69) is 0 Å². The number of halogens is 6. The summed E-state index contributed by atoms with van der Waals surface area (Å²) in [4.78, 5) is 0. The Labute approximate surface area is 118 Å². The van der Waals surface area contributed by atoms with Gasteiger partial charge in [0.2, 0.25) is 0 Å². The summed E-state index contributed by atoms with van der Waals surface area (Å²) in [6.07, 6.45) is -8.29. The number of hydrogen-bond donors (Lipinski definition) is 2. The third-order valence-corrected chi connectivity index (χ3v) is 3.01. The third-order valence-electron chi connectivity index (χ3n) is 3.01. The third kappa shape index (κ3) is 5.20. The van der Waals surface area contributed by atoms with Gasteiger partial charge in [-0.3, -0.25) is 0 Å². The van der Waals surface area contributed by atoms with Gasteiger partial charge in [-0.25, -0.2) is 0 Å². The van der Waals surface area contributed by atoms with Gasteiger partial charge in [0.05, 0.1) is 11.1 Å². The Morgan fingerprint density at radius 1 is 0.857 bits per heavy atom. The molecule has 0 radical (unpaired) electrons. The molecule has 1 atom stereocenters. The number of hydrogen-bond acceptors (Lipinski definition) is 2. The maximum atomic E-state index is 12.7. The van der Waals surface area contributed by atoms with Crippen LogP contribution in [0.15, 0.2) is 18.2 Å². The van der Waals surface area contributed by atoms with Crippen LogP contribution in [0.3, 0.4) is 0 Å². The first kappa shape index (κ1) is 17.8. The molecular weight excluding hydrogens is 298 g/mol. The quantitative estimate of drug-likeness (QED) is 0.640. The Bertz CT molecular complexity index is 434. The highest BCUT2D eigenvalue weighted by Gasteiger charge is 2.37. The van der Waals surface area contributed by atoms with Gasteiger partial charge in [0.1, 0.15) is 0 Å². The minimum Gasteiger partial charge on any atom is -0.330 e. The second kappa shape index (κ2) is 6.65. The lowest BCUT2D eigenvalue weighted by atomic mass is 9.97. The van der Waals surface area contributed by atoms with Gasteiger partial charge in [-0.15, -0.1) is 0 Å². The van der Waals surface area contributed by atoms with E-state index in [0.717, 1.165) is 0 Å². The van der Waals surface area contributed by atoms with Crippen molar-refractivity contribution in [1.82, 2.24) is 0 Å². The van der Waals surface area contributed by atoms with Crippen molar-refractivity contribution in [3.63, 3.8) is 0 Å². The zero-order chi connectivity index (χ0) is 16.3. The molecule has 0 heterocycles. The molecule has 8 heteroatoms. The summed E-state index contributed by atoms with van der Waals surface area (Å²) in [5.74, 6) is 0. The van der Waals surface area contributed by atoms with Gasteiger partial charge >= 0.3 is 12.4 Å². The fraction of sp³-hybridized carbons (Fsp3) is 0.538. The zero-order valence-corrected chi connectivity index (χ0v) is 11.1. The van der Waals surface area contributed by atoms with Crippen LogP contribution in [0.5, 0.6) is 0 Å². The van der Waals surface area contributed by atoms with Crippen molar-refractivity contribution in [1.29, 1.82) is 0 Å². The Hall–Kier alpha value is -1.28. The van der Waals surface area contributed by atoms with Gasteiger partial charge in [0.15, 0.2) is 0 Å². The summed E-state index contributed by atoms with van der Waals surface area (Å²) < 4.78 is 76.1. The second-order valence-corrected chi connectivity index (χ2v) is 4.73. The molecule has 120 valence electrons. The average Bonchev–Trinajstić information content (AvgIpc) is 2.36. The van der Waals surface area contributed by atoms with Crippen molar-refractivity contribution in [2.75, 3.05) is 6.54 Å². The average molecular weight is 314 g/mol. The van der Waals surface area contributed by atoms with E-state index in [9.17, 15) is 26.3 Å². The molecule has 1 aromatic carbocycles. The topological polar surface area (TPSA) is 52.0 Å². The van der Waals surface area contributed by atoms with Crippen molar-refractivity contribution in [2.45, 2.75) is 37.7 Å². The van der Waals surface area contributed by atoms with Crippen molar-refractivity contribution < 1.29 is 26.3 Å². The molecule has 0 aromatic heterocycles. The van der Waals surface area contributed by atoms with E-state index >= 15 is 0 Å². The van der Waals surface area contributed by atoms with E-state index in [-0.39, 0.29) is 18.1 Å². The maximum absolute atomic E-state index is 12.7. The molecule has 0 aliphatic carbocycles. The predicted octanol–water partition coefficient (Wildman–Crippen LogP) is 3.85. The normalized spacial score (nSPS) is 14.3. The molecule has 0 aliphatic rings. The van der Waals surface area contributed by atoms with Crippen LogP contribution in [-0.4, -0.2) is 6.54 Å². The van der Waals surface area contributed by atoms with Gasteiger partial charge in [0.25, 0.3) is 0 Å². The number of alkyl halides is 6. The second-order valence-electron chi connectivity index (χ2n) is 4.73. The number of rotatable bonds is 5. The molecule has 1 aromatic rings. The molecule has 0 amide bonds. The van der Waals surface area contributed by atoms with Crippen LogP contribution >= 0.6 is 0 Å². The smallest absolute Gasteiger partial charge is 0.330 e. The lowest BCUT2D eigenvalue weighted by molar-refractivity contribution is -0.143. The number of unbranched alkanes of at least 4 members (excludes halogenated alkanes) is 1. The number of nitrogens with two attached hydrogens (primary N) is 2. The van der Waals surface area contributed by atoms with E-state index in [4.69, 9.17) is 11.5 Å². The van der Waals surface area contributed by atoms with E-state index in [1.807, 2.05) is 0 Å². The Morgan fingerprint density at radius 3 is 1.71 bits per heavy atom. The summed E-state index contributed by atoms with van der Waals surface area (Å²) >= 11 is 0. The fourth-order valence-electron chi connectivity index (χ4n) is 1.87. The minimum atomic E-state index is -4.85. The summed E-state index contributed by atoms with van der Waals surface area (Å²) in [5.41, 5.74) is 8.10. The van der Waals surface area contributed by atoms with Crippen LogP contribution in [0.4, 0.5) is 26.3 Å². The van der Waals surface area contributed by atoms with Gasteiger partial charge in [-0.05, 0) is 43.1 Å². The van der Waals surface area contributed by atoms with Crippen LogP contribution in [-0.2, 0) is 12.4 Å². The fourth-order valence-corrected chi connectivity index (χ4v) is 1.87. The Kier molecular flexibility index (Phi) is 5.63. The highest BCUT2D eigenvalue weighted by Crippen LogP contribution is 2.37. The lowest BCUT2D eigenvalue weighted by Gasteiger charge is -2.18. The van der Waals surface area contributed by atoms with Crippen LogP contribution < -0.4 is 11.5 Å². The van der Waals surface area contributed by atoms with Crippen LogP contribution in [0, 0.1) is 0 Å². The molecule has 1 rings (SSSR count). The molecule has 0 fully saturated rings. The molecule has 4 N–H and O–H groups in total. The van der Waals surface area contributed by atoms with Crippen LogP contribution in [0.2, 0.25) is 0 Å². The molecular formula is C13H16F6N2. The molecule has 0 saturated carbocycles. The summed E-state index contributed by atoms with van der Waals surface area (Å²) in [6, 6.07) is 0.542. The lowest BCUT2D eigenvalue weighted by Crippen LogP contribution is -2.16. The van der Waals surface area contributed by atoms with E-state index in [0.29, 0.717) is 31.5 Å². The van der Waals surface area contributed by atoms with Crippen LogP contribution in [0.25, 0.3) is 0 Å². The first-order valence-corrected chi connectivity index (χ1v) is 6.30.